The zero-order valence-corrected chi connectivity index (χ0v) is 14.6. The molecule has 26 heavy (non-hydrogen) atoms. The summed E-state index contributed by atoms with van der Waals surface area (Å²) in [5.41, 5.74) is 4.81. The van der Waals surface area contributed by atoms with Gasteiger partial charge in [-0.25, -0.2) is 10.2 Å². The van der Waals surface area contributed by atoms with E-state index in [1.807, 2.05) is 32.0 Å². The van der Waals surface area contributed by atoms with E-state index in [1.165, 1.54) is 6.21 Å². The average Bonchev–Trinajstić information content (AvgIpc) is 2.60. The van der Waals surface area contributed by atoms with Gasteiger partial charge in [0.2, 0.25) is 0 Å². The molecule has 7 heteroatoms. The van der Waals surface area contributed by atoms with Gasteiger partial charge < -0.3 is 14.6 Å². The van der Waals surface area contributed by atoms with Crippen LogP contribution < -0.4 is 14.9 Å². The molecule has 0 saturated heterocycles. The molecule has 1 amide bonds. The minimum atomic E-state index is -1.08. The fourth-order valence-corrected chi connectivity index (χ4v) is 2.23. The molecule has 0 spiro atoms. The Bertz CT molecular complexity index is 797. The minimum absolute atomic E-state index is 0.166. The molecule has 2 aromatic carbocycles. The molecule has 0 fully saturated rings. The van der Waals surface area contributed by atoms with Gasteiger partial charge in [-0.2, -0.15) is 5.10 Å². The molecular formula is C19H20N2O5. The van der Waals surface area contributed by atoms with E-state index in [4.69, 9.17) is 14.6 Å². The van der Waals surface area contributed by atoms with Crippen LogP contribution in [0.15, 0.2) is 47.6 Å². The summed E-state index contributed by atoms with van der Waals surface area (Å²) < 4.78 is 10.7. The largest absolute Gasteiger partial charge is 0.483 e. The normalized spacial score (nSPS) is 10.5. The van der Waals surface area contributed by atoms with Crippen molar-refractivity contribution in [2.24, 2.45) is 5.10 Å². The highest BCUT2D eigenvalue weighted by molar-refractivity contribution is 5.85. The second kappa shape index (κ2) is 9.22. The van der Waals surface area contributed by atoms with Gasteiger partial charge in [-0.15, -0.1) is 0 Å². The van der Waals surface area contributed by atoms with Gasteiger partial charge in [-0.1, -0.05) is 30.3 Å². The van der Waals surface area contributed by atoms with Crippen LogP contribution in [-0.2, 0) is 9.59 Å². The molecule has 0 aliphatic rings. The first kappa shape index (κ1) is 19.0. The summed E-state index contributed by atoms with van der Waals surface area (Å²) in [6, 6.07) is 12.5. The van der Waals surface area contributed by atoms with Crippen molar-refractivity contribution < 1.29 is 24.2 Å². The number of amides is 1. The summed E-state index contributed by atoms with van der Waals surface area (Å²) in [6.07, 6.45) is 1.38. The Morgan fingerprint density at radius 2 is 1.73 bits per heavy atom. The van der Waals surface area contributed by atoms with Gasteiger partial charge in [0.25, 0.3) is 5.91 Å². The van der Waals surface area contributed by atoms with Crippen LogP contribution in [-0.4, -0.2) is 36.4 Å². The summed E-state index contributed by atoms with van der Waals surface area (Å²) in [6.45, 7) is 3.19. The standard InChI is InChI=1S/C19H20N2O5/c1-13-6-5-7-14(2)19(13)26-11-17(22)21-20-10-15-8-3-4-9-16(15)25-12-18(23)24/h3-10H,11-12H2,1-2H3,(H,21,22)(H,23,24)/b20-10-. The Kier molecular flexibility index (Phi) is 6.73. The molecule has 0 unspecified atom stereocenters. The average molecular weight is 356 g/mol. The van der Waals surface area contributed by atoms with E-state index in [0.717, 1.165) is 11.1 Å². The number of ether oxygens (including phenoxy) is 2. The predicted octanol–water partition coefficient (Wildman–Crippen LogP) is 2.30. The minimum Gasteiger partial charge on any atom is -0.483 e. The lowest BCUT2D eigenvalue weighted by molar-refractivity contribution is -0.139. The second-order valence-electron chi connectivity index (χ2n) is 5.52. The van der Waals surface area contributed by atoms with Crippen molar-refractivity contribution in [1.82, 2.24) is 5.43 Å². The third-order valence-electron chi connectivity index (χ3n) is 3.42. The molecule has 7 nitrogen and oxygen atoms in total. The Morgan fingerprint density at radius 3 is 2.42 bits per heavy atom. The van der Waals surface area contributed by atoms with Crippen LogP contribution in [0.25, 0.3) is 0 Å². The molecule has 0 aromatic heterocycles. The maximum Gasteiger partial charge on any atom is 0.341 e. The van der Waals surface area contributed by atoms with Crippen molar-refractivity contribution in [1.29, 1.82) is 0 Å². The number of nitrogens with one attached hydrogen (secondary N) is 1. The van der Waals surface area contributed by atoms with E-state index in [-0.39, 0.29) is 6.61 Å². The number of carbonyl (C=O) groups excluding carboxylic acids is 1. The summed E-state index contributed by atoms with van der Waals surface area (Å²) in [7, 11) is 0. The predicted molar refractivity (Wildman–Crippen MR) is 96.7 cm³/mol. The lowest BCUT2D eigenvalue weighted by atomic mass is 10.1. The summed E-state index contributed by atoms with van der Waals surface area (Å²) in [5.74, 6) is -0.444. The number of para-hydroxylation sites is 2. The first-order chi connectivity index (χ1) is 12.5. The van der Waals surface area contributed by atoms with Gasteiger partial charge in [0.05, 0.1) is 6.21 Å². The monoisotopic (exact) mass is 356 g/mol. The molecule has 2 aromatic rings. The maximum absolute atomic E-state index is 11.9. The second-order valence-corrected chi connectivity index (χ2v) is 5.52. The van der Waals surface area contributed by atoms with Crippen LogP contribution >= 0.6 is 0 Å². The first-order valence-corrected chi connectivity index (χ1v) is 7.92. The number of nitrogens with zero attached hydrogens (tertiary/aromatic N) is 1. The topological polar surface area (TPSA) is 97.2 Å². The number of aryl methyl sites for hydroxylation is 2. The fourth-order valence-electron chi connectivity index (χ4n) is 2.23. The number of hydrogen-bond donors (Lipinski definition) is 2. The van der Waals surface area contributed by atoms with Crippen molar-refractivity contribution >= 4 is 18.1 Å². The molecule has 2 N–H and O–H groups in total. The number of carboxylic acids is 1. The quantitative estimate of drug-likeness (QED) is 0.559. The summed E-state index contributed by atoms with van der Waals surface area (Å²) >= 11 is 0. The van der Waals surface area contributed by atoms with Crippen LogP contribution in [0.5, 0.6) is 11.5 Å². The van der Waals surface area contributed by atoms with Crippen molar-refractivity contribution in [3.63, 3.8) is 0 Å². The molecule has 0 bridgehead atoms. The van der Waals surface area contributed by atoms with E-state index in [1.54, 1.807) is 24.3 Å². The highest BCUT2D eigenvalue weighted by Gasteiger charge is 2.07. The van der Waals surface area contributed by atoms with E-state index in [2.05, 4.69) is 10.5 Å². The van der Waals surface area contributed by atoms with Crippen molar-refractivity contribution in [3.8, 4) is 11.5 Å². The van der Waals surface area contributed by atoms with Crippen LogP contribution in [0.3, 0.4) is 0 Å². The molecule has 2 rings (SSSR count). The van der Waals surface area contributed by atoms with Crippen LogP contribution in [0, 0.1) is 13.8 Å². The SMILES string of the molecule is Cc1cccc(C)c1OCC(=O)N/N=C\c1ccccc1OCC(=O)O. The molecule has 0 heterocycles. The lowest BCUT2D eigenvalue weighted by Gasteiger charge is -2.10. The molecule has 0 saturated carbocycles. The van der Waals surface area contributed by atoms with E-state index in [0.29, 0.717) is 17.1 Å². The Balaban J connectivity index is 1.90. The van der Waals surface area contributed by atoms with Gasteiger partial charge in [-0.05, 0) is 37.1 Å². The summed E-state index contributed by atoms with van der Waals surface area (Å²) in [4.78, 5) is 22.5. The number of hydrogen-bond acceptors (Lipinski definition) is 5. The highest BCUT2D eigenvalue weighted by atomic mass is 16.5. The Hall–Kier alpha value is -3.35. The molecule has 0 aliphatic carbocycles. The molecule has 0 atom stereocenters. The van der Waals surface area contributed by atoms with Gasteiger partial charge in [0, 0.05) is 5.56 Å². The number of carbonyl (C=O) groups is 2. The van der Waals surface area contributed by atoms with E-state index >= 15 is 0 Å². The third-order valence-corrected chi connectivity index (χ3v) is 3.42. The molecule has 0 aliphatic heterocycles. The van der Waals surface area contributed by atoms with Crippen LogP contribution in [0.4, 0.5) is 0 Å². The number of benzene rings is 2. The molecule has 136 valence electrons. The van der Waals surface area contributed by atoms with Gasteiger partial charge in [0.15, 0.2) is 13.2 Å². The fraction of sp³-hybridized carbons (Fsp3) is 0.211. The Labute approximate surface area is 151 Å². The lowest BCUT2D eigenvalue weighted by Crippen LogP contribution is -2.25. The van der Waals surface area contributed by atoms with Crippen LogP contribution in [0.1, 0.15) is 16.7 Å². The zero-order valence-electron chi connectivity index (χ0n) is 14.6. The number of carboxylic acid groups (broad SMARTS) is 1. The van der Waals surface area contributed by atoms with Crippen molar-refractivity contribution in [2.75, 3.05) is 13.2 Å². The van der Waals surface area contributed by atoms with Gasteiger partial charge in [0.1, 0.15) is 11.5 Å². The van der Waals surface area contributed by atoms with E-state index in [9.17, 15) is 9.59 Å². The third kappa shape index (κ3) is 5.62. The van der Waals surface area contributed by atoms with Gasteiger partial charge in [-0.3, -0.25) is 4.79 Å². The first-order valence-electron chi connectivity index (χ1n) is 7.92. The maximum atomic E-state index is 11.9. The Morgan fingerprint density at radius 1 is 1.04 bits per heavy atom. The summed E-state index contributed by atoms with van der Waals surface area (Å²) in [5, 5.41) is 12.5. The van der Waals surface area contributed by atoms with Crippen LogP contribution in [0.2, 0.25) is 0 Å². The number of rotatable bonds is 8. The number of aliphatic carboxylic acids is 1. The van der Waals surface area contributed by atoms with Crippen molar-refractivity contribution in [3.05, 3.63) is 59.2 Å². The zero-order chi connectivity index (χ0) is 18.9. The molecule has 0 radical (unpaired) electrons. The van der Waals surface area contributed by atoms with E-state index < -0.39 is 18.5 Å². The smallest absolute Gasteiger partial charge is 0.341 e. The molecular weight excluding hydrogens is 336 g/mol. The van der Waals surface area contributed by atoms with Gasteiger partial charge >= 0.3 is 5.97 Å². The van der Waals surface area contributed by atoms with Crippen molar-refractivity contribution in [2.45, 2.75) is 13.8 Å². The highest BCUT2D eigenvalue weighted by Crippen LogP contribution is 2.22. The number of hydrazone groups is 1.